The van der Waals surface area contributed by atoms with Gasteiger partial charge in [-0.2, -0.15) is 0 Å². The Kier molecular flexibility index (Phi) is 7.06. The molecule has 1 N–H and O–H groups in total. The van der Waals surface area contributed by atoms with Gasteiger partial charge in [-0.1, -0.05) is 49.0 Å². The first-order valence-electron chi connectivity index (χ1n) is 9.18. The molecule has 3 rings (SSSR count). The first-order chi connectivity index (χ1) is 13.6. The molecular formula is C21H24N4OS2. The van der Waals surface area contributed by atoms with E-state index < -0.39 is 0 Å². The summed E-state index contributed by atoms with van der Waals surface area (Å²) in [5.41, 5.74) is 3.14. The van der Waals surface area contributed by atoms with Crippen molar-refractivity contribution < 1.29 is 4.79 Å². The van der Waals surface area contributed by atoms with Gasteiger partial charge in [0.25, 0.3) is 0 Å². The zero-order valence-corrected chi connectivity index (χ0v) is 17.8. The average molecular weight is 413 g/mol. The second-order valence-corrected chi connectivity index (χ2v) is 8.33. The van der Waals surface area contributed by atoms with Crippen molar-refractivity contribution in [1.29, 1.82) is 0 Å². The van der Waals surface area contributed by atoms with E-state index in [4.69, 9.17) is 0 Å². The molecular weight excluding hydrogens is 388 g/mol. The predicted molar refractivity (Wildman–Crippen MR) is 117 cm³/mol. The number of allylic oxidation sites excluding steroid dienone is 1. The number of hydrogen-bond donors (Lipinski definition) is 1. The van der Waals surface area contributed by atoms with E-state index in [0.717, 1.165) is 40.6 Å². The molecule has 0 saturated heterocycles. The van der Waals surface area contributed by atoms with Gasteiger partial charge >= 0.3 is 0 Å². The molecule has 0 aliphatic heterocycles. The number of benzene rings is 1. The van der Waals surface area contributed by atoms with E-state index in [1.807, 2.05) is 41.8 Å². The molecule has 2 heterocycles. The number of thioether (sulfide) groups is 1. The van der Waals surface area contributed by atoms with Gasteiger partial charge in [-0.3, -0.25) is 4.79 Å². The number of amides is 1. The standard InChI is InChI=1S/C21H24N4OS2/c1-4-11-25-18(13-17-10-7-12-27-17)23-24-21(25)28-14-19(26)22-20-15(3)8-6-9-16(20)5-2/h4,6-10,12H,1,5,11,13-14H2,2-3H3,(H,22,26). The molecule has 146 valence electrons. The molecule has 7 heteroatoms. The molecule has 28 heavy (non-hydrogen) atoms. The normalized spacial score (nSPS) is 10.8. The lowest BCUT2D eigenvalue weighted by Crippen LogP contribution is -2.16. The molecule has 0 atom stereocenters. The lowest BCUT2D eigenvalue weighted by molar-refractivity contribution is -0.113. The number of aromatic nitrogens is 3. The van der Waals surface area contributed by atoms with E-state index >= 15 is 0 Å². The summed E-state index contributed by atoms with van der Waals surface area (Å²) in [6.07, 6.45) is 3.44. The summed E-state index contributed by atoms with van der Waals surface area (Å²) in [4.78, 5) is 13.8. The fourth-order valence-electron chi connectivity index (χ4n) is 2.95. The number of carbonyl (C=O) groups is 1. The Morgan fingerprint density at radius 3 is 2.89 bits per heavy atom. The van der Waals surface area contributed by atoms with E-state index in [1.54, 1.807) is 11.3 Å². The highest BCUT2D eigenvalue weighted by Gasteiger charge is 2.15. The molecule has 0 fully saturated rings. The van der Waals surface area contributed by atoms with Crippen LogP contribution in [0, 0.1) is 6.92 Å². The summed E-state index contributed by atoms with van der Waals surface area (Å²) >= 11 is 3.10. The fraction of sp³-hybridized carbons (Fsp3) is 0.286. The van der Waals surface area contributed by atoms with Crippen LogP contribution in [0.3, 0.4) is 0 Å². The monoisotopic (exact) mass is 412 g/mol. The van der Waals surface area contributed by atoms with Crippen LogP contribution in [-0.2, 0) is 24.2 Å². The summed E-state index contributed by atoms with van der Waals surface area (Å²) in [5.74, 6) is 1.13. The Morgan fingerprint density at radius 2 is 2.18 bits per heavy atom. The lowest BCUT2D eigenvalue weighted by atomic mass is 10.1. The molecule has 0 spiro atoms. The molecule has 0 radical (unpaired) electrons. The van der Waals surface area contributed by atoms with Crippen LogP contribution in [0.5, 0.6) is 0 Å². The number of nitrogens with zero attached hydrogens (tertiary/aromatic N) is 3. The van der Waals surface area contributed by atoms with Gasteiger partial charge in [-0.15, -0.1) is 28.1 Å². The first-order valence-corrected chi connectivity index (χ1v) is 11.0. The molecule has 0 unspecified atom stereocenters. The molecule has 1 aromatic carbocycles. The van der Waals surface area contributed by atoms with E-state index in [2.05, 4.69) is 40.5 Å². The van der Waals surface area contributed by atoms with Gasteiger partial charge < -0.3 is 9.88 Å². The van der Waals surface area contributed by atoms with Crippen LogP contribution in [0.4, 0.5) is 5.69 Å². The Hall–Kier alpha value is -2.38. The summed E-state index contributed by atoms with van der Waals surface area (Å²) in [6.45, 7) is 8.56. The minimum Gasteiger partial charge on any atom is -0.325 e. The maximum atomic E-state index is 12.5. The van der Waals surface area contributed by atoms with Gasteiger partial charge in [0, 0.05) is 23.5 Å². The summed E-state index contributed by atoms with van der Waals surface area (Å²) in [5, 5.41) is 14.5. The van der Waals surface area contributed by atoms with Gasteiger partial charge in [-0.05, 0) is 35.9 Å². The van der Waals surface area contributed by atoms with Crippen LogP contribution < -0.4 is 5.32 Å². The zero-order valence-electron chi connectivity index (χ0n) is 16.1. The predicted octanol–water partition coefficient (Wildman–Crippen LogP) is 4.72. The van der Waals surface area contributed by atoms with Crippen molar-refractivity contribution >= 4 is 34.7 Å². The highest BCUT2D eigenvalue weighted by atomic mass is 32.2. The van der Waals surface area contributed by atoms with Crippen LogP contribution in [-0.4, -0.2) is 26.4 Å². The third-order valence-electron chi connectivity index (χ3n) is 4.35. The van der Waals surface area contributed by atoms with E-state index in [0.29, 0.717) is 6.54 Å². The van der Waals surface area contributed by atoms with Crippen LogP contribution in [0.2, 0.25) is 0 Å². The molecule has 3 aromatic rings. The Labute approximate surface area is 173 Å². The second kappa shape index (κ2) is 9.71. The van der Waals surface area contributed by atoms with Crippen LogP contribution >= 0.6 is 23.1 Å². The van der Waals surface area contributed by atoms with Gasteiger partial charge in [0.2, 0.25) is 5.91 Å². The number of anilines is 1. The topological polar surface area (TPSA) is 59.8 Å². The van der Waals surface area contributed by atoms with Gasteiger partial charge in [0.15, 0.2) is 5.16 Å². The number of hydrogen-bond acceptors (Lipinski definition) is 5. The minimum absolute atomic E-state index is 0.0399. The fourth-order valence-corrected chi connectivity index (χ4v) is 4.41. The third kappa shape index (κ3) is 4.91. The highest BCUT2D eigenvalue weighted by molar-refractivity contribution is 7.99. The number of thiophene rings is 1. The van der Waals surface area contributed by atoms with Crippen molar-refractivity contribution in [3.05, 3.63) is 70.2 Å². The zero-order chi connectivity index (χ0) is 19.9. The maximum Gasteiger partial charge on any atom is 0.234 e. The molecule has 0 aliphatic rings. The largest absolute Gasteiger partial charge is 0.325 e. The number of aryl methyl sites for hydroxylation is 2. The van der Waals surface area contributed by atoms with Crippen LogP contribution in [0.25, 0.3) is 0 Å². The Bertz CT molecular complexity index is 947. The van der Waals surface area contributed by atoms with Crippen LogP contribution in [0.1, 0.15) is 28.8 Å². The number of rotatable bonds is 9. The van der Waals surface area contributed by atoms with E-state index in [9.17, 15) is 4.79 Å². The van der Waals surface area contributed by atoms with Gasteiger partial charge in [-0.25, -0.2) is 0 Å². The first kappa shape index (κ1) is 20.4. The Balaban J connectivity index is 1.68. The number of para-hydroxylation sites is 1. The van der Waals surface area contributed by atoms with Crippen molar-refractivity contribution in [2.75, 3.05) is 11.1 Å². The molecule has 1 amide bonds. The van der Waals surface area contributed by atoms with Crippen LogP contribution in [0.15, 0.2) is 53.5 Å². The van der Waals surface area contributed by atoms with Crippen molar-refractivity contribution in [1.82, 2.24) is 14.8 Å². The van der Waals surface area contributed by atoms with Gasteiger partial charge in [0.1, 0.15) is 5.82 Å². The lowest BCUT2D eigenvalue weighted by Gasteiger charge is -2.13. The number of carbonyl (C=O) groups excluding carboxylic acids is 1. The maximum absolute atomic E-state index is 12.5. The molecule has 0 bridgehead atoms. The van der Waals surface area contributed by atoms with E-state index in [1.165, 1.54) is 16.6 Å². The van der Waals surface area contributed by atoms with Crippen molar-refractivity contribution in [3.8, 4) is 0 Å². The van der Waals surface area contributed by atoms with E-state index in [-0.39, 0.29) is 11.7 Å². The second-order valence-electron chi connectivity index (χ2n) is 6.35. The molecule has 0 aliphatic carbocycles. The highest BCUT2D eigenvalue weighted by Crippen LogP contribution is 2.23. The molecule has 0 saturated carbocycles. The smallest absolute Gasteiger partial charge is 0.234 e. The molecule has 2 aromatic heterocycles. The van der Waals surface area contributed by atoms with Crippen molar-refractivity contribution in [2.24, 2.45) is 0 Å². The quantitative estimate of drug-likeness (QED) is 0.408. The van der Waals surface area contributed by atoms with Crippen molar-refractivity contribution in [3.63, 3.8) is 0 Å². The summed E-state index contributed by atoms with van der Waals surface area (Å²) in [7, 11) is 0. The molecule has 5 nitrogen and oxygen atoms in total. The number of nitrogens with one attached hydrogen (secondary N) is 1. The Morgan fingerprint density at radius 1 is 1.32 bits per heavy atom. The average Bonchev–Trinajstić information content (AvgIpc) is 3.33. The van der Waals surface area contributed by atoms with Crippen molar-refractivity contribution in [2.45, 2.75) is 38.4 Å². The summed E-state index contributed by atoms with van der Waals surface area (Å²) in [6, 6.07) is 10.2. The minimum atomic E-state index is -0.0399. The SMILES string of the molecule is C=CCn1c(Cc2cccs2)nnc1SCC(=O)Nc1c(C)cccc1CC. The third-order valence-corrected chi connectivity index (χ3v) is 6.20. The summed E-state index contributed by atoms with van der Waals surface area (Å²) < 4.78 is 2.02. The van der Waals surface area contributed by atoms with Gasteiger partial charge in [0.05, 0.1) is 5.75 Å².